The summed E-state index contributed by atoms with van der Waals surface area (Å²) in [5.74, 6) is 1.56. The second kappa shape index (κ2) is 6.71. The quantitative estimate of drug-likeness (QED) is 0.872. The first-order valence-electron chi connectivity index (χ1n) is 8.19. The fourth-order valence-electron chi connectivity index (χ4n) is 3.76. The molecule has 112 valence electrons. The van der Waals surface area contributed by atoms with Crippen LogP contribution in [0.3, 0.4) is 0 Å². The molecular weight excluding hydrogens is 244 g/mol. The standard InChI is InChI=1S/C18H30N2/c1-5-10-20-17-12-14(2)8-9-16(17)18(3,4)15-7-6-11-19-13-15/h6-7,11,13-14,16-17,20H,5,8-10,12H2,1-4H3. The fourth-order valence-corrected chi connectivity index (χ4v) is 3.76. The fraction of sp³-hybridized carbons (Fsp3) is 0.722. The van der Waals surface area contributed by atoms with E-state index in [2.05, 4.69) is 56.3 Å². The Hall–Kier alpha value is -0.890. The Bertz CT molecular complexity index is 399. The van der Waals surface area contributed by atoms with E-state index in [1.165, 1.54) is 31.2 Å². The highest BCUT2D eigenvalue weighted by molar-refractivity contribution is 5.22. The molecule has 1 aromatic heterocycles. The number of nitrogens with one attached hydrogen (secondary N) is 1. The summed E-state index contributed by atoms with van der Waals surface area (Å²) < 4.78 is 0. The molecule has 3 atom stereocenters. The van der Waals surface area contributed by atoms with Gasteiger partial charge in [-0.3, -0.25) is 4.98 Å². The first-order valence-corrected chi connectivity index (χ1v) is 8.19. The summed E-state index contributed by atoms with van der Waals surface area (Å²) >= 11 is 0. The minimum atomic E-state index is 0.194. The molecule has 1 heterocycles. The molecule has 0 saturated heterocycles. The Labute approximate surface area is 124 Å². The van der Waals surface area contributed by atoms with Crippen LogP contribution in [0.4, 0.5) is 0 Å². The molecule has 1 aromatic rings. The second-order valence-corrected chi connectivity index (χ2v) is 7.05. The number of hydrogen-bond donors (Lipinski definition) is 1. The van der Waals surface area contributed by atoms with Crippen LogP contribution in [0.15, 0.2) is 24.5 Å². The van der Waals surface area contributed by atoms with E-state index in [1.807, 2.05) is 6.20 Å². The topological polar surface area (TPSA) is 24.9 Å². The molecule has 1 aliphatic rings. The molecule has 1 saturated carbocycles. The van der Waals surface area contributed by atoms with Crippen molar-refractivity contribution in [1.82, 2.24) is 10.3 Å². The second-order valence-electron chi connectivity index (χ2n) is 7.05. The van der Waals surface area contributed by atoms with Crippen molar-refractivity contribution in [3.63, 3.8) is 0 Å². The van der Waals surface area contributed by atoms with E-state index in [-0.39, 0.29) is 5.41 Å². The van der Waals surface area contributed by atoms with Crippen LogP contribution in [-0.2, 0) is 5.41 Å². The first kappa shape index (κ1) is 15.5. The average molecular weight is 274 g/mol. The van der Waals surface area contributed by atoms with Crippen molar-refractivity contribution in [2.45, 2.75) is 64.8 Å². The van der Waals surface area contributed by atoms with Gasteiger partial charge in [0, 0.05) is 18.4 Å². The zero-order chi connectivity index (χ0) is 14.6. The summed E-state index contributed by atoms with van der Waals surface area (Å²) in [5, 5.41) is 3.81. The summed E-state index contributed by atoms with van der Waals surface area (Å²) in [6.45, 7) is 10.6. The number of hydrogen-bond acceptors (Lipinski definition) is 2. The third-order valence-corrected chi connectivity index (χ3v) is 5.10. The van der Waals surface area contributed by atoms with Gasteiger partial charge in [-0.1, -0.05) is 40.2 Å². The van der Waals surface area contributed by atoms with Crippen LogP contribution in [-0.4, -0.2) is 17.6 Å². The molecule has 0 spiro atoms. The van der Waals surface area contributed by atoms with Gasteiger partial charge >= 0.3 is 0 Å². The van der Waals surface area contributed by atoms with Gasteiger partial charge in [0.2, 0.25) is 0 Å². The largest absolute Gasteiger partial charge is 0.314 e. The Morgan fingerprint density at radius 3 is 2.80 bits per heavy atom. The highest BCUT2D eigenvalue weighted by Crippen LogP contribution is 2.42. The van der Waals surface area contributed by atoms with Crippen LogP contribution < -0.4 is 5.32 Å². The third kappa shape index (κ3) is 3.41. The van der Waals surface area contributed by atoms with Crippen LogP contribution in [0.25, 0.3) is 0 Å². The van der Waals surface area contributed by atoms with Crippen LogP contribution in [0.1, 0.15) is 58.9 Å². The summed E-state index contributed by atoms with van der Waals surface area (Å²) in [6, 6.07) is 4.95. The van der Waals surface area contributed by atoms with Gasteiger partial charge in [-0.25, -0.2) is 0 Å². The van der Waals surface area contributed by atoms with Gasteiger partial charge in [-0.05, 0) is 54.7 Å². The van der Waals surface area contributed by atoms with Crippen molar-refractivity contribution in [2.75, 3.05) is 6.54 Å². The maximum Gasteiger partial charge on any atom is 0.0305 e. The van der Waals surface area contributed by atoms with E-state index in [1.54, 1.807) is 0 Å². The average Bonchev–Trinajstić information content (AvgIpc) is 2.46. The van der Waals surface area contributed by atoms with Crippen molar-refractivity contribution in [2.24, 2.45) is 11.8 Å². The molecule has 2 nitrogen and oxygen atoms in total. The maximum absolute atomic E-state index is 4.33. The number of pyridine rings is 1. The third-order valence-electron chi connectivity index (χ3n) is 5.10. The van der Waals surface area contributed by atoms with Crippen molar-refractivity contribution < 1.29 is 0 Å². The van der Waals surface area contributed by atoms with Crippen LogP contribution in [0.2, 0.25) is 0 Å². The summed E-state index contributed by atoms with van der Waals surface area (Å²) in [4.78, 5) is 4.33. The van der Waals surface area contributed by atoms with Gasteiger partial charge in [0.15, 0.2) is 0 Å². The Kier molecular flexibility index (Phi) is 5.20. The SMILES string of the molecule is CCCNC1CC(C)CCC1C(C)(C)c1cccnc1. The smallest absolute Gasteiger partial charge is 0.0305 e. The lowest BCUT2D eigenvalue weighted by atomic mass is 9.64. The first-order chi connectivity index (χ1) is 9.55. The maximum atomic E-state index is 4.33. The van der Waals surface area contributed by atoms with Gasteiger partial charge < -0.3 is 5.32 Å². The molecule has 1 fully saturated rings. The van der Waals surface area contributed by atoms with Crippen molar-refractivity contribution >= 4 is 0 Å². The molecular formula is C18H30N2. The van der Waals surface area contributed by atoms with Gasteiger partial charge in [-0.2, -0.15) is 0 Å². The van der Waals surface area contributed by atoms with Crippen LogP contribution >= 0.6 is 0 Å². The molecule has 2 rings (SSSR count). The summed E-state index contributed by atoms with van der Waals surface area (Å²) in [6.07, 6.45) is 9.13. The lowest BCUT2D eigenvalue weighted by Crippen LogP contribution is -2.48. The van der Waals surface area contributed by atoms with Crippen LogP contribution in [0.5, 0.6) is 0 Å². The molecule has 2 heteroatoms. The van der Waals surface area contributed by atoms with Gasteiger partial charge in [0.05, 0.1) is 0 Å². The summed E-state index contributed by atoms with van der Waals surface area (Å²) in [5.41, 5.74) is 1.57. The Morgan fingerprint density at radius 2 is 2.15 bits per heavy atom. The Balaban J connectivity index is 2.18. The molecule has 1 N–H and O–H groups in total. The highest BCUT2D eigenvalue weighted by Gasteiger charge is 2.39. The summed E-state index contributed by atoms with van der Waals surface area (Å²) in [7, 11) is 0. The monoisotopic (exact) mass is 274 g/mol. The Morgan fingerprint density at radius 1 is 1.35 bits per heavy atom. The lowest BCUT2D eigenvalue weighted by Gasteiger charge is -2.45. The number of rotatable bonds is 5. The molecule has 0 radical (unpaired) electrons. The molecule has 0 aromatic carbocycles. The zero-order valence-corrected chi connectivity index (χ0v) is 13.5. The zero-order valence-electron chi connectivity index (χ0n) is 13.5. The van der Waals surface area contributed by atoms with E-state index < -0.39 is 0 Å². The van der Waals surface area contributed by atoms with Crippen LogP contribution in [0, 0.1) is 11.8 Å². The molecule has 0 bridgehead atoms. The van der Waals surface area contributed by atoms with E-state index in [9.17, 15) is 0 Å². The van der Waals surface area contributed by atoms with Crippen molar-refractivity contribution in [3.8, 4) is 0 Å². The van der Waals surface area contributed by atoms with Gasteiger partial charge in [-0.15, -0.1) is 0 Å². The molecule has 20 heavy (non-hydrogen) atoms. The minimum absolute atomic E-state index is 0.194. The minimum Gasteiger partial charge on any atom is -0.314 e. The van der Waals surface area contributed by atoms with E-state index in [4.69, 9.17) is 0 Å². The number of nitrogens with zero attached hydrogens (tertiary/aromatic N) is 1. The molecule has 0 amide bonds. The molecule has 0 aliphatic heterocycles. The lowest BCUT2D eigenvalue weighted by molar-refractivity contribution is 0.145. The van der Waals surface area contributed by atoms with E-state index >= 15 is 0 Å². The normalized spacial score (nSPS) is 27.5. The molecule has 1 aliphatic carbocycles. The molecule has 3 unspecified atom stereocenters. The predicted octanol–water partition coefficient (Wildman–Crippen LogP) is 4.16. The highest BCUT2D eigenvalue weighted by atomic mass is 14.9. The van der Waals surface area contributed by atoms with E-state index in [0.717, 1.165) is 12.5 Å². The van der Waals surface area contributed by atoms with Gasteiger partial charge in [0.1, 0.15) is 0 Å². The van der Waals surface area contributed by atoms with Crippen molar-refractivity contribution in [1.29, 1.82) is 0 Å². The predicted molar refractivity (Wildman–Crippen MR) is 85.8 cm³/mol. The van der Waals surface area contributed by atoms with E-state index in [0.29, 0.717) is 12.0 Å². The number of aromatic nitrogens is 1. The van der Waals surface area contributed by atoms with Crippen molar-refractivity contribution in [3.05, 3.63) is 30.1 Å². The van der Waals surface area contributed by atoms with Gasteiger partial charge in [0.25, 0.3) is 0 Å².